The molecule has 5 rings (SSSR count). The molecular formula is C24H16BrN2OS. The van der Waals surface area contributed by atoms with E-state index in [1.165, 1.54) is 4.88 Å². The first-order chi connectivity index (χ1) is 14.1. The van der Waals surface area contributed by atoms with E-state index < -0.39 is 5.91 Å². The summed E-state index contributed by atoms with van der Waals surface area (Å²) in [5.74, 6) is -0.425. The van der Waals surface area contributed by atoms with Crippen LogP contribution in [0.1, 0.15) is 15.9 Å². The maximum absolute atomic E-state index is 12.1. The summed E-state index contributed by atoms with van der Waals surface area (Å²) in [6.45, 7) is 0.672. The number of nitrogens with zero attached hydrogens (tertiary/aromatic N) is 1. The van der Waals surface area contributed by atoms with Crippen molar-refractivity contribution in [3.8, 4) is 10.4 Å². The summed E-state index contributed by atoms with van der Waals surface area (Å²) in [6.07, 6.45) is 0. The van der Waals surface area contributed by atoms with Crippen LogP contribution in [0.15, 0.2) is 76.6 Å². The van der Waals surface area contributed by atoms with Crippen LogP contribution in [-0.4, -0.2) is 10.5 Å². The van der Waals surface area contributed by atoms with Crippen molar-refractivity contribution < 1.29 is 4.79 Å². The highest BCUT2D eigenvalue weighted by Gasteiger charge is 2.18. The van der Waals surface area contributed by atoms with Gasteiger partial charge in [-0.2, -0.15) is 0 Å². The van der Waals surface area contributed by atoms with Gasteiger partial charge in [0.05, 0.1) is 11.0 Å². The molecule has 0 aliphatic rings. The van der Waals surface area contributed by atoms with Gasteiger partial charge in [-0.3, -0.25) is 4.79 Å². The third-order valence-electron chi connectivity index (χ3n) is 5.15. The minimum Gasteiger partial charge on any atom is -0.366 e. The predicted molar refractivity (Wildman–Crippen MR) is 123 cm³/mol. The van der Waals surface area contributed by atoms with Crippen LogP contribution in [0.3, 0.4) is 0 Å². The van der Waals surface area contributed by atoms with Crippen LogP contribution < -0.4 is 5.73 Å². The Kier molecular flexibility index (Phi) is 4.49. The van der Waals surface area contributed by atoms with E-state index in [9.17, 15) is 4.79 Å². The predicted octanol–water partition coefficient (Wildman–Crippen LogP) is 6.23. The van der Waals surface area contributed by atoms with Gasteiger partial charge in [0.2, 0.25) is 5.91 Å². The van der Waals surface area contributed by atoms with Gasteiger partial charge in [-0.05, 0) is 59.0 Å². The minimum absolute atomic E-state index is 0.425. The second-order valence-corrected chi connectivity index (χ2v) is 8.67. The number of fused-ring (bicyclic) bond motifs is 3. The topological polar surface area (TPSA) is 48.0 Å². The van der Waals surface area contributed by atoms with Crippen molar-refractivity contribution in [2.24, 2.45) is 5.73 Å². The number of thiophene rings is 1. The number of hydrogen-bond donors (Lipinski definition) is 1. The molecule has 3 aromatic carbocycles. The van der Waals surface area contributed by atoms with E-state index in [0.29, 0.717) is 12.1 Å². The lowest BCUT2D eigenvalue weighted by molar-refractivity contribution is 0.100. The van der Waals surface area contributed by atoms with Gasteiger partial charge in [0, 0.05) is 32.2 Å². The number of rotatable bonds is 4. The first-order valence-electron chi connectivity index (χ1n) is 9.17. The summed E-state index contributed by atoms with van der Waals surface area (Å²) in [4.78, 5) is 13.3. The standard InChI is InChI=1S/C24H16BrN2OS/c25-19-7-2-1-5-16(19)14-27-20-8-3-6-18(24(26)28)23(20)17-11-10-15(13-21(17)27)22-9-4-12-29-22/h1-10,12-13H,14H2,(H2,26,28). The maximum Gasteiger partial charge on any atom is 0.249 e. The zero-order valence-electron chi connectivity index (χ0n) is 15.4. The van der Waals surface area contributed by atoms with Gasteiger partial charge in [-0.25, -0.2) is 0 Å². The molecule has 0 aliphatic heterocycles. The number of halogens is 1. The van der Waals surface area contributed by atoms with Crippen molar-refractivity contribution in [3.63, 3.8) is 0 Å². The van der Waals surface area contributed by atoms with Gasteiger partial charge >= 0.3 is 0 Å². The largest absolute Gasteiger partial charge is 0.366 e. The molecule has 0 saturated heterocycles. The summed E-state index contributed by atoms with van der Waals surface area (Å²) in [5, 5.41) is 3.85. The highest BCUT2D eigenvalue weighted by molar-refractivity contribution is 9.10. The Labute approximate surface area is 180 Å². The molecule has 0 spiro atoms. The van der Waals surface area contributed by atoms with Crippen LogP contribution >= 0.6 is 27.3 Å². The number of benzene rings is 3. The Morgan fingerprint density at radius 2 is 1.93 bits per heavy atom. The van der Waals surface area contributed by atoms with Crippen LogP contribution in [0.5, 0.6) is 0 Å². The number of aromatic nitrogens is 1. The molecule has 0 fully saturated rings. The fourth-order valence-corrected chi connectivity index (χ4v) is 4.94. The molecule has 0 aliphatic carbocycles. The van der Waals surface area contributed by atoms with E-state index in [1.54, 1.807) is 17.4 Å². The average molecular weight is 460 g/mol. The van der Waals surface area contributed by atoms with Crippen molar-refractivity contribution in [2.45, 2.75) is 6.54 Å². The second kappa shape index (κ2) is 7.17. The van der Waals surface area contributed by atoms with E-state index in [-0.39, 0.29) is 0 Å². The molecular weight excluding hydrogens is 444 g/mol. The molecule has 0 unspecified atom stereocenters. The van der Waals surface area contributed by atoms with Gasteiger partial charge in [-0.1, -0.05) is 46.3 Å². The Morgan fingerprint density at radius 3 is 2.69 bits per heavy atom. The number of amides is 1. The SMILES string of the molecule is NC(=O)c1cccc2c1c1[c]cc(-c3cccs3)cc1n2Cc1ccccc1Br. The van der Waals surface area contributed by atoms with Crippen LogP contribution in [0, 0.1) is 6.07 Å². The van der Waals surface area contributed by atoms with Crippen molar-refractivity contribution in [2.75, 3.05) is 0 Å². The summed E-state index contributed by atoms with van der Waals surface area (Å²) in [5.41, 5.74) is 10.5. The second-order valence-electron chi connectivity index (χ2n) is 6.87. The van der Waals surface area contributed by atoms with Crippen molar-refractivity contribution in [1.82, 2.24) is 4.57 Å². The lowest BCUT2D eigenvalue weighted by Crippen LogP contribution is -2.11. The number of primary amides is 1. The van der Waals surface area contributed by atoms with E-state index >= 15 is 0 Å². The normalized spacial score (nSPS) is 11.3. The zero-order chi connectivity index (χ0) is 20.0. The molecule has 0 atom stereocenters. The molecule has 1 radical (unpaired) electrons. The van der Waals surface area contributed by atoms with Gasteiger partial charge < -0.3 is 10.3 Å². The van der Waals surface area contributed by atoms with Gasteiger partial charge in [0.15, 0.2) is 0 Å². The molecule has 2 aromatic heterocycles. The molecule has 29 heavy (non-hydrogen) atoms. The molecule has 1 amide bonds. The maximum atomic E-state index is 12.1. The Hall–Kier alpha value is -2.89. The first kappa shape index (κ1) is 18.2. The number of nitrogens with two attached hydrogens (primary N) is 1. The molecule has 0 saturated carbocycles. The third-order valence-corrected chi connectivity index (χ3v) is 6.84. The summed E-state index contributed by atoms with van der Waals surface area (Å²) >= 11 is 5.36. The van der Waals surface area contributed by atoms with E-state index in [2.05, 4.69) is 50.1 Å². The summed E-state index contributed by atoms with van der Waals surface area (Å²) in [7, 11) is 0. The Bertz CT molecular complexity index is 1370. The Morgan fingerprint density at radius 1 is 1.07 bits per heavy atom. The summed E-state index contributed by atoms with van der Waals surface area (Å²) in [6, 6.07) is 25.7. The van der Waals surface area contributed by atoms with Gasteiger partial charge in [0.1, 0.15) is 0 Å². The molecule has 141 valence electrons. The third kappa shape index (κ3) is 3.07. The van der Waals surface area contributed by atoms with E-state index in [0.717, 1.165) is 37.4 Å². The van der Waals surface area contributed by atoms with Crippen molar-refractivity contribution in [1.29, 1.82) is 0 Å². The number of carbonyl (C=O) groups is 1. The van der Waals surface area contributed by atoms with Crippen LogP contribution in [0.2, 0.25) is 0 Å². The van der Waals surface area contributed by atoms with Crippen LogP contribution in [-0.2, 0) is 6.54 Å². The van der Waals surface area contributed by atoms with Crippen LogP contribution in [0.4, 0.5) is 0 Å². The van der Waals surface area contributed by atoms with E-state index in [1.807, 2.05) is 42.5 Å². The van der Waals surface area contributed by atoms with Gasteiger partial charge in [-0.15, -0.1) is 11.3 Å². The lowest BCUT2D eigenvalue weighted by Gasteiger charge is -2.10. The van der Waals surface area contributed by atoms with Crippen LogP contribution in [0.25, 0.3) is 32.2 Å². The average Bonchev–Trinajstić information content (AvgIpc) is 3.36. The molecule has 2 N–H and O–H groups in total. The molecule has 5 heteroatoms. The molecule has 0 bridgehead atoms. The van der Waals surface area contributed by atoms with Crippen molar-refractivity contribution >= 4 is 55.0 Å². The highest BCUT2D eigenvalue weighted by Crippen LogP contribution is 2.36. The first-order valence-corrected chi connectivity index (χ1v) is 10.8. The molecule has 5 aromatic rings. The summed E-state index contributed by atoms with van der Waals surface area (Å²) < 4.78 is 3.30. The fraction of sp³-hybridized carbons (Fsp3) is 0.0417. The number of hydrogen-bond acceptors (Lipinski definition) is 2. The highest BCUT2D eigenvalue weighted by atomic mass is 79.9. The quantitative estimate of drug-likeness (QED) is 0.340. The van der Waals surface area contributed by atoms with Gasteiger partial charge in [0.25, 0.3) is 0 Å². The van der Waals surface area contributed by atoms with Crippen molar-refractivity contribution in [3.05, 3.63) is 93.8 Å². The monoisotopic (exact) mass is 459 g/mol. The molecule has 2 heterocycles. The van der Waals surface area contributed by atoms with E-state index in [4.69, 9.17) is 5.73 Å². The number of carbonyl (C=O) groups excluding carboxylic acids is 1. The Balaban J connectivity index is 1.84. The smallest absolute Gasteiger partial charge is 0.249 e. The minimum atomic E-state index is -0.425. The fourth-order valence-electron chi connectivity index (χ4n) is 3.81. The zero-order valence-corrected chi connectivity index (χ0v) is 17.8. The molecule has 3 nitrogen and oxygen atoms in total. The lowest BCUT2D eigenvalue weighted by atomic mass is 10.0.